The smallest absolute Gasteiger partial charge is 0.163 e. The average molecular weight is 365 g/mol. The Balaban J connectivity index is 1.88. The van der Waals surface area contributed by atoms with Crippen molar-refractivity contribution >= 4 is 29.2 Å². The van der Waals surface area contributed by atoms with E-state index in [0.29, 0.717) is 28.8 Å². The Labute approximate surface area is 155 Å². The summed E-state index contributed by atoms with van der Waals surface area (Å²) in [6, 6.07) is 10.2. The number of hydrogen-bond acceptors (Lipinski definition) is 4. The Morgan fingerprint density at radius 2 is 1.96 bits per heavy atom. The number of para-hydroxylation sites is 1. The summed E-state index contributed by atoms with van der Waals surface area (Å²) < 4.78 is 14.1. The minimum atomic E-state index is -0.357. The van der Waals surface area contributed by atoms with Gasteiger partial charge in [-0.05, 0) is 36.4 Å². The van der Waals surface area contributed by atoms with E-state index in [1.807, 2.05) is 24.3 Å². The molecule has 128 valence electrons. The van der Waals surface area contributed by atoms with Gasteiger partial charge in [0.05, 0.1) is 11.4 Å². The zero-order valence-corrected chi connectivity index (χ0v) is 14.4. The van der Waals surface area contributed by atoms with E-state index < -0.39 is 0 Å². The summed E-state index contributed by atoms with van der Waals surface area (Å²) in [7, 11) is 0. The Kier molecular flexibility index (Phi) is 4.46. The minimum absolute atomic E-state index is 0.340. The predicted molar refractivity (Wildman–Crippen MR) is 102 cm³/mol. The molecule has 0 aliphatic heterocycles. The Hall–Kier alpha value is -3.05. The van der Waals surface area contributed by atoms with Crippen LogP contribution in [0.5, 0.6) is 0 Å². The largest absolute Gasteiger partial charge is 0.337 e. The quantitative estimate of drug-likeness (QED) is 0.701. The lowest BCUT2D eigenvalue weighted by molar-refractivity contribution is 0.632. The van der Waals surface area contributed by atoms with Crippen molar-refractivity contribution in [3.63, 3.8) is 0 Å². The molecule has 4 nitrogen and oxygen atoms in total. The predicted octanol–water partition coefficient (Wildman–Crippen LogP) is 5.11. The molecule has 0 amide bonds. The van der Waals surface area contributed by atoms with Gasteiger partial charge < -0.3 is 5.32 Å². The number of pyridine rings is 1. The van der Waals surface area contributed by atoms with Gasteiger partial charge in [-0.3, -0.25) is 4.98 Å². The van der Waals surface area contributed by atoms with Gasteiger partial charge in [0.2, 0.25) is 0 Å². The maximum absolute atomic E-state index is 14.1. The molecule has 2 heterocycles. The maximum atomic E-state index is 14.1. The van der Waals surface area contributed by atoms with Gasteiger partial charge in [-0.15, -0.1) is 0 Å². The van der Waals surface area contributed by atoms with Gasteiger partial charge in [-0.1, -0.05) is 29.8 Å². The van der Waals surface area contributed by atoms with Gasteiger partial charge in [-0.25, -0.2) is 14.4 Å². The molecule has 1 N–H and O–H groups in total. The van der Waals surface area contributed by atoms with E-state index in [4.69, 9.17) is 11.6 Å². The number of nitrogens with zero attached hydrogens (tertiary/aromatic N) is 3. The molecule has 6 heteroatoms. The first-order chi connectivity index (χ1) is 12.7. The minimum Gasteiger partial charge on any atom is -0.337 e. The SMILES string of the molecule is Fc1ccccc1Nc1nc(-c2cccnc2)nc2c1C=C(Cl)C=CC2. The normalized spacial score (nSPS) is 12.9. The van der Waals surface area contributed by atoms with Crippen molar-refractivity contribution in [1.82, 2.24) is 15.0 Å². The average Bonchev–Trinajstić information content (AvgIpc) is 2.85. The van der Waals surface area contributed by atoms with Crippen molar-refractivity contribution in [2.75, 3.05) is 5.32 Å². The Morgan fingerprint density at radius 1 is 1.08 bits per heavy atom. The van der Waals surface area contributed by atoms with Crippen LogP contribution in [0.15, 0.2) is 66.0 Å². The highest BCUT2D eigenvalue weighted by molar-refractivity contribution is 6.33. The summed E-state index contributed by atoms with van der Waals surface area (Å²) in [6.07, 6.45) is 9.54. The van der Waals surface area contributed by atoms with Crippen LogP contribution in [0.4, 0.5) is 15.9 Å². The number of benzene rings is 1. The van der Waals surface area contributed by atoms with Crippen molar-refractivity contribution < 1.29 is 4.39 Å². The van der Waals surface area contributed by atoms with Crippen molar-refractivity contribution in [3.8, 4) is 11.4 Å². The lowest BCUT2D eigenvalue weighted by atomic mass is 10.1. The van der Waals surface area contributed by atoms with Gasteiger partial charge in [0.1, 0.15) is 11.6 Å². The van der Waals surface area contributed by atoms with E-state index in [0.717, 1.165) is 16.8 Å². The molecular formula is C20H14ClFN4. The van der Waals surface area contributed by atoms with Crippen LogP contribution < -0.4 is 5.32 Å². The summed E-state index contributed by atoms with van der Waals surface area (Å²) in [5, 5.41) is 3.65. The summed E-state index contributed by atoms with van der Waals surface area (Å²) in [5.41, 5.74) is 2.68. The number of hydrogen-bond donors (Lipinski definition) is 1. The molecular weight excluding hydrogens is 351 g/mol. The first kappa shape index (κ1) is 16.4. The van der Waals surface area contributed by atoms with Crippen molar-refractivity contribution in [2.24, 2.45) is 0 Å². The zero-order valence-electron chi connectivity index (χ0n) is 13.7. The fourth-order valence-electron chi connectivity index (χ4n) is 2.70. The number of nitrogens with one attached hydrogen (secondary N) is 1. The van der Waals surface area contributed by atoms with Crippen molar-refractivity contribution in [2.45, 2.75) is 6.42 Å². The topological polar surface area (TPSA) is 50.7 Å². The van der Waals surface area contributed by atoms with E-state index in [1.165, 1.54) is 6.07 Å². The number of aromatic nitrogens is 3. The van der Waals surface area contributed by atoms with E-state index >= 15 is 0 Å². The zero-order chi connectivity index (χ0) is 17.9. The van der Waals surface area contributed by atoms with Crippen molar-refractivity contribution in [3.05, 3.63) is 83.1 Å². The fraction of sp³-hybridized carbons (Fsp3) is 0.0500. The number of anilines is 2. The highest BCUT2D eigenvalue weighted by atomic mass is 35.5. The molecule has 4 rings (SSSR count). The van der Waals surface area contributed by atoms with Gasteiger partial charge in [0.15, 0.2) is 5.82 Å². The highest BCUT2D eigenvalue weighted by Crippen LogP contribution is 2.30. The van der Waals surface area contributed by atoms with Gasteiger partial charge in [-0.2, -0.15) is 0 Å². The van der Waals surface area contributed by atoms with Gasteiger partial charge >= 0.3 is 0 Å². The first-order valence-corrected chi connectivity index (χ1v) is 8.45. The number of halogens is 2. The van der Waals surface area contributed by atoms with Crippen molar-refractivity contribution in [1.29, 1.82) is 0 Å². The standard InChI is InChI=1S/C20H14ClFN4/c21-14-6-3-9-17-15(11-14)20(25-18-8-2-1-7-16(18)22)26-19(24-17)13-5-4-10-23-12-13/h1-8,10-12H,9H2,(H,24,25,26). The molecule has 1 aromatic carbocycles. The second-order valence-electron chi connectivity index (χ2n) is 5.74. The number of rotatable bonds is 3. The molecule has 0 radical (unpaired) electrons. The summed E-state index contributed by atoms with van der Waals surface area (Å²) >= 11 is 6.22. The second-order valence-corrected chi connectivity index (χ2v) is 6.17. The molecule has 3 aromatic rings. The Morgan fingerprint density at radius 3 is 2.77 bits per heavy atom. The summed E-state index contributed by atoms with van der Waals surface area (Å²) in [5.74, 6) is 0.668. The highest BCUT2D eigenvalue weighted by Gasteiger charge is 2.16. The molecule has 2 aromatic heterocycles. The van der Waals surface area contributed by atoms with Gasteiger partial charge in [0, 0.05) is 35.0 Å². The molecule has 26 heavy (non-hydrogen) atoms. The molecule has 1 aliphatic rings. The van der Waals surface area contributed by atoms with Crippen LogP contribution in [0.3, 0.4) is 0 Å². The van der Waals surface area contributed by atoms with E-state index in [-0.39, 0.29) is 5.82 Å². The van der Waals surface area contributed by atoms with E-state index in [1.54, 1.807) is 36.7 Å². The molecule has 0 unspecified atom stereocenters. The lowest BCUT2D eigenvalue weighted by Crippen LogP contribution is -2.06. The third-order valence-electron chi connectivity index (χ3n) is 3.94. The fourth-order valence-corrected chi connectivity index (χ4v) is 2.90. The monoisotopic (exact) mass is 364 g/mol. The van der Waals surface area contributed by atoms with E-state index in [2.05, 4.69) is 20.3 Å². The molecule has 0 saturated heterocycles. The lowest BCUT2D eigenvalue weighted by Gasteiger charge is -2.14. The molecule has 0 bridgehead atoms. The van der Waals surface area contributed by atoms with Crippen LogP contribution in [0, 0.1) is 5.82 Å². The summed E-state index contributed by atoms with van der Waals surface area (Å²) in [6.45, 7) is 0. The first-order valence-electron chi connectivity index (χ1n) is 8.07. The van der Waals surface area contributed by atoms with E-state index in [9.17, 15) is 4.39 Å². The molecule has 0 saturated carbocycles. The maximum Gasteiger partial charge on any atom is 0.163 e. The van der Waals surface area contributed by atoms with Crippen LogP contribution in [-0.2, 0) is 6.42 Å². The number of allylic oxidation sites excluding steroid dienone is 3. The van der Waals surface area contributed by atoms with Gasteiger partial charge in [0.25, 0.3) is 0 Å². The third kappa shape index (κ3) is 3.34. The third-order valence-corrected chi connectivity index (χ3v) is 4.18. The van der Waals surface area contributed by atoms with Crippen LogP contribution in [0.2, 0.25) is 0 Å². The van der Waals surface area contributed by atoms with Crippen LogP contribution >= 0.6 is 11.6 Å². The van der Waals surface area contributed by atoms with Crippen LogP contribution in [-0.4, -0.2) is 15.0 Å². The summed E-state index contributed by atoms with van der Waals surface area (Å²) in [4.78, 5) is 13.4. The Bertz CT molecular complexity index is 1020. The van der Waals surface area contributed by atoms with Crippen LogP contribution in [0.25, 0.3) is 17.5 Å². The molecule has 0 fully saturated rings. The molecule has 1 aliphatic carbocycles. The van der Waals surface area contributed by atoms with Crippen LogP contribution in [0.1, 0.15) is 11.3 Å². The molecule has 0 atom stereocenters. The second kappa shape index (κ2) is 7.06. The molecule has 0 spiro atoms. The number of fused-ring (bicyclic) bond motifs is 1.